The van der Waals surface area contributed by atoms with Crippen molar-refractivity contribution in [1.29, 1.82) is 0 Å². The van der Waals surface area contributed by atoms with Crippen molar-refractivity contribution in [1.82, 2.24) is 9.97 Å². The molecule has 4 heteroatoms. The van der Waals surface area contributed by atoms with Crippen LogP contribution in [0.2, 0.25) is 0 Å². The van der Waals surface area contributed by atoms with E-state index in [9.17, 15) is 0 Å². The van der Waals surface area contributed by atoms with Crippen LogP contribution in [0, 0.1) is 0 Å². The van der Waals surface area contributed by atoms with Crippen molar-refractivity contribution >= 4 is 17.2 Å². The number of hydrogen-bond donors (Lipinski definition) is 1. The van der Waals surface area contributed by atoms with Crippen LogP contribution in [-0.4, -0.2) is 9.97 Å². The van der Waals surface area contributed by atoms with Crippen molar-refractivity contribution in [3.63, 3.8) is 0 Å². The van der Waals surface area contributed by atoms with E-state index in [4.69, 9.17) is 5.73 Å². The maximum Gasteiger partial charge on any atom is 0.142 e. The molecule has 78 valence electrons. The SMILES string of the molecule is CC(C)c1csc(-c2cccc(N)n2)n1. The molecule has 0 aliphatic carbocycles. The van der Waals surface area contributed by atoms with Gasteiger partial charge >= 0.3 is 0 Å². The van der Waals surface area contributed by atoms with Gasteiger partial charge in [-0.05, 0) is 18.1 Å². The van der Waals surface area contributed by atoms with Crippen LogP contribution < -0.4 is 5.73 Å². The normalized spacial score (nSPS) is 10.9. The third-order valence-corrected chi connectivity index (χ3v) is 2.99. The van der Waals surface area contributed by atoms with E-state index in [1.807, 2.05) is 12.1 Å². The Hall–Kier alpha value is -1.42. The molecular formula is C11H13N3S. The van der Waals surface area contributed by atoms with E-state index in [0.29, 0.717) is 11.7 Å². The lowest BCUT2D eigenvalue weighted by atomic mass is 10.2. The van der Waals surface area contributed by atoms with E-state index in [-0.39, 0.29) is 0 Å². The second-order valence-electron chi connectivity index (χ2n) is 3.68. The van der Waals surface area contributed by atoms with Gasteiger partial charge in [0.15, 0.2) is 0 Å². The van der Waals surface area contributed by atoms with Gasteiger partial charge in [-0.3, -0.25) is 0 Å². The van der Waals surface area contributed by atoms with Gasteiger partial charge in [0.05, 0.1) is 5.69 Å². The number of thiazole rings is 1. The van der Waals surface area contributed by atoms with Crippen molar-refractivity contribution < 1.29 is 0 Å². The maximum absolute atomic E-state index is 5.63. The van der Waals surface area contributed by atoms with E-state index in [2.05, 4.69) is 29.2 Å². The molecule has 2 N–H and O–H groups in total. The van der Waals surface area contributed by atoms with Crippen LogP contribution in [0.25, 0.3) is 10.7 Å². The average molecular weight is 219 g/mol. The summed E-state index contributed by atoms with van der Waals surface area (Å²) in [6.07, 6.45) is 0. The van der Waals surface area contributed by atoms with Gasteiger partial charge in [0.2, 0.25) is 0 Å². The van der Waals surface area contributed by atoms with Crippen LogP contribution in [0.1, 0.15) is 25.5 Å². The number of pyridine rings is 1. The minimum atomic E-state index is 0.455. The second-order valence-corrected chi connectivity index (χ2v) is 4.54. The molecule has 0 aliphatic heterocycles. The highest BCUT2D eigenvalue weighted by molar-refractivity contribution is 7.13. The summed E-state index contributed by atoms with van der Waals surface area (Å²) in [5, 5.41) is 3.01. The molecule has 0 fully saturated rings. The summed E-state index contributed by atoms with van der Waals surface area (Å²) in [7, 11) is 0. The molecule has 0 saturated carbocycles. The Kier molecular flexibility index (Phi) is 2.68. The van der Waals surface area contributed by atoms with E-state index < -0.39 is 0 Å². The van der Waals surface area contributed by atoms with Gasteiger partial charge in [-0.2, -0.15) is 0 Å². The highest BCUT2D eigenvalue weighted by Gasteiger charge is 2.08. The number of nitrogen functional groups attached to an aromatic ring is 1. The van der Waals surface area contributed by atoms with Crippen LogP contribution in [0.15, 0.2) is 23.6 Å². The predicted molar refractivity (Wildman–Crippen MR) is 63.8 cm³/mol. The average Bonchev–Trinajstić information content (AvgIpc) is 2.66. The molecule has 0 saturated heterocycles. The molecule has 0 bridgehead atoms. The van der Waals surface area contributed by atoms with Crippen molar-refractivity contribution in [3.05, 3.63) is 29.3 Å². The third kappa shape index (κ3) is 2.15. The van der Waals surface area contributed by atoms with Crippen LogP contribution in [0.4, 0.5) is 5.82 Å². The molecule has 0 radical (unpaired) electrons. The van der Waals surface area contributed by atoms with Crippen LogP contribution >= 0.6 is 11.3 Å². The molecule has 2 aromatic rings. The molecule has 2 heterocycles. The Bertz CT molecular complexity index is 462. The van der Waals surface area contributed by atoms with E-state index >= 15 is 0 Å². The van der Waals surface area contributed by atoms with E-state index in [0.717, 1.165) is 16.4 Å². The fourth-order valence-corrected chi connectivity index (χ4v) is 2.19. The second kappa shape index (κ2) is 3.98. The summed E-state index contributed by atoms with van der Waals surface area (Å²) >= 11 is 1.61. The number of nitrogens with two attached hydrogens (primary N) is 1. The summed E-state index contributed by atoms with van der Waals surface area (Å²) in [5.41, 5.74) is 7.59. The Morgan fingerprint density at radius 2 is 2.07 bits per heavy atom. The summed E-state index contributed by atoms with van der Waals surface area (Å²) in [5.74, 6) is 0.991. The van der Waals surface area contributed by atoms with Crippen LogP contribution in [0.5, 0.6) is 0 Å². The summed E-state index contributed by atoms with van der Waals surface area (Å²) in [6, 6.07) is 5.61. The molecular weight excluding hydrogens is 206 g/mol. The number of nitrogens with zero attached hydrogens (tertiary/aromatic N) is 2. The lowest BCUT2D eigenvalue weighted by Gasteiger charge is -1.98. The Balaban J connectivity index is 2.37. The van der Waals surface area contributed by atoms with Crippen molar-refractivity contribution in [3.8, 4) is 10.7 Å². The lowest BCUT2D eigenvalue weighted by molar-refractivity contribution is 0.834. The first-order valence-electron chi connectivity index (χ1n) is 4.85. The smallest absolute Gasteiger partial charge is 0.142 e. The van der Waals surface area contributed by atoms with Gasteiger partial charge in [-0.15, -0.1) is 11.3 Å². The quantitative estimate of drug-likeness (QED) is 0.845. The monoisotopic (exact) mass is 219 g/mol. The lowest BCUT2D eigenvalue weighted by Crippen LogP contribution is -1.92. The first-order valence-corrected chi connectivity index (χ1v) is 5.73. The summed E-state index contributed by atoms with van der Waals surface area (Å²) < 4.78 is 0. The van der Waals surface area contributed by atoms with Gasteiger partial charge in [0.25, 0.3) is 0 Å². The fourth-order valence-electron chi connectivity index (χ4n) is 1.24. The first-order chi connectivity index (χ1) is 7.16. The molecule has 0 aromatic carbocycles. The topological polar surface area (TPSA) is 51.8 Å². The minimum Gasteiger partial charge on any atom is -0.384 e. The summed E-state index contributed by atoms with van der Waals surface area (Å²) in [6.45, 7) is 4.26. The standard InChI is InChI=1S/C11H13N3S/c1-7(2)9-6-15-11(14-9)8-4-3-5-10(12)13-8/h3-7H,1-2H3,(H2,12,13). The number of aromatic nitrogens is 2. The van der Waals surface area contributed by atoms with Gasteiger partial charge < -0.3 is 5.73 Å². The zero-order valence-corrected chi connectivity index (χ0v) is 9.58. The van der Waals surface area contributed by atoms with Crippen molar-refractivity contribution in [2.75, 3.05) is 5.73 Å². The van der Waals surface area contributed by atoms with Crippen LogP contribution in [-0.2, 0) is 0 Å². The number of rotatable bonds is 2. The molecule has 2 aromatic heterocycles. The first kappa shape index (κ1) is 10.1. The number of hydrogen-bond acceptors (Lipinski definition) is 4. The zero-order chi connectivity index (χ0) is 10.8. The van der Waals surface area contributed by atoms with Gasteiger partial charge in [0, 0.05) is 5.38 Å². The molecule has 0 atom stereocenters. The zero-order valence-electron chi connectivity index (χ0n) is 8.77. The Morgan fingerprint density at radius 1 is 1.27 bits per heavy atom. The Morgan fingerprint density at radius 3 is 2.67 bits per heavy atom. The van der Waals surface area contributed by atoms with Crippen molar-refractivity contribution in [2.24, 2.45) is 0 Å². The van der Waals surface area contributed by atoms with E-state index in [1.54, 1.807) is 17.4 Å². The van der Waals surface area contributed by atoms with Crippen LogP contribution in [0.3, 0.4) is 0 Å². The largest absolute Gasteiger partial charge is 0.384 e. The molecule has 0 spiro atoms. The van der Waals surface area contributed by atoms with Gasteiger partial charge in [0.1, 0.15) is 16.5 Å². The van der Waals surface area contributed by atoms with E-state index in [1.165, 1.54) is 0 Å². The summed E-state index contributed by atoms with van der Waals surface area (Å²) in [4.78, 5) is 8.76. The van der Waals surface area contributed by atoms with Gasteiger partial charge in [-0.25, -0.2) is 9.97 Å². The predicted octanol–water partition coefficient (Wildman–Crippen LogP) is 2.91. The van der Waals surface area contributed by atoms with Gasteiger partial charge in [-0.1, -0.05) is 19.9 Å². The third-order valence-electron chi connectivity index (χ3n) is 2.10. The molecule has 0 aliphatic rings. The van der Waals surface area contributed by atoms with Crippen molar-refractivity contribution in [2.45, 2.75) is 19.8 Å². The molecule has 0 unspecified atom stereocenters. The molecule has 2 rings (SSSR count). The maximum atomic E-state index is 5.63. The Labute approximate surface area is 93.0 Å². The molecule has 3 nitrogen and oxygen atoms in total. The molecule has 0 amide bonds. The fraction of sp³-hybridized carbons (Fsp3) is 0.273. The number of anilines is 1. The minimum absolute atomic E-state index is 0.455. The highest BCUT2D eigenvalue weighted by atomic mass is 32.1. The highest BCUT2D eigenvalue weighted by Crippen LogP contribution is 2.25. The molecule has 15 heavy (non-hydrogen) atoms.